The highest BCUT2D eigenvalue weighted by atomic mass is 32.2. The number of benzene rings is 1. The van der Waals surface area contributed by atoms with Crippen LogP contribution in [0.25, 0.3) is 0 Å². The van der Waals surface area contributed by atoms with Gasteiger partial charge in [0.05, 0.1) is 4.92 Å². The highest BCUT2D eigenvalue weighted by Gasteiger charge is 2.27. The molecule has 2 aromatic rings. The van der Waals surface area contributed by atoms with Gasteiger partial charge in [0, 0.05) is 36.8 Å². The van der Waals surface area contributed by atoms with E-state index >= 15 is 0 Å². The number of nitro groups is 1. The number of ether oxygens (including phenoxy) is 1. The molecule has 0 radical (unpaired) electrons. The van der Waals surface area contributed by atoms with Crippen molar-refractivity contribution >= 4 is 21.6 Å². The maximum Gasteiger partial charge on any atom is 0.272 e. The van der Waals surface area contributed by atoms with Crippen LogP contribution in [0.3, 0.4) is 0 Å². The number of non-ortho nitro benzene ring substituents is 1. The summed E-state index contributed by atoms with van der Waals surface area (Å²) in [5.74, 6) is -0.389. The van der Waals surface area contributed by atoms with Gasteiger partial charge in [0.2, 0.25) is 15.9 Å². The van der Waals surface area contributed by atoms with Crippen LogP contribution in [0.4, 0.5) is 5.69 Å². The molecule has 2 N–H and O–H groups in total. The van der Waals surface area contributed by atoms with E-state index in [4.69, 9.17) is 4.74 Å². The quantitative estimate of drug-likeness (QED) is 0.474. The molecule has 0 aliphatic carbocycles. The van der Waals surface area contributed by atoms with Crippen LogP contribution in [0.15, 0.2) is 23.1 Å². The van der Waals surface area contributed by atoms with Gasteiger partial charge in [-0.15, -0.1) is 0 Å². The minimum Gasteiger partial charge on any atom is -0.438 e. The van der Waals surface area contributed by atoms with Crippen molar-refractivity contribution in [3.8, 4) is 11.6 Å². The van der Waals surface area contributed by atoms with Gasteiger partial charge in [0.25, 0.3) is 11.6 Å². The molecule has 0 spiro atoms. The van der Waals surface area contributed by atoms with Gasteiger partial charge in [0.15, 0.2) is 5.69 Å². The Morgan fingerprint density at radius 1 is 1.23 bits per heavy atom. The molecule has 0 bridgehead atoms. The van der Waals surface area contributed by atoms with Gasteiger partial charge >= 0.3 is 0 Å². The van der Waals surface area contributed by atoms with E-state index in [1.807, 2.05) is 13.8 Å². The maximum absolute atomic E-state index is 12.7. The number of nitrogens with zero attached hydrogens (tertiary/aromatic N) is 3. The zero-order valence-electron chi connectivity index (χ0n) is 17.6. The molecule has 1 amide bonds. The lowest BCUT2D eigenvalue weighted by Gasteiger charge is -2.14. The van der Waals surface area contributed by atoms with Crippen molar-refractivity contribution in [3.05, 3.63) is 39.6 Å². The standard InChI is InChI=1S/C18H25N5O6S/c1-10(2)19-17(24)16-12(5)18(22(6)20-16)29-14-8-7-13(23(25)26)9-15(14)30(27,28)21-11(3)4/h7-11,21H,1-6H3,(H,19,24). The number of nitrogens with one attached hydrogen (secondary N) is 2. The van der Waals surface area contributed by atoms with Crippen molar-refractivity contribution in [1.82, 2.24) is 19.8 Å². The first-order valence-electron chi connectivity index (χ1n) is 9.16. The largest absolute Gasteiger partial charge is 0.438 e. The minimum absolute atomic E-state index is 0.100. The second kappa shape index (κ2) is 8.79. The van der Waals surface area contributed by atoms with Crippen LogP contribution in [0, 0.1) is 17.0 Å². The molecule has 164 valence electrons. The number of carbonyl (C=O) groups is 1. The number of aryl methyl sites for hydroxylation is 1. The molecule has 0 saturated heterocycles. The van der Waals surface area contributed by atoms with E-state index in [2.05, 4.69) is 15.1 Å². The first kappa shape index (κ1) is 23.3. The van der Waals surface area contributed by atoms with E-state index in [-0.39, 0.29) is 28.3 Å². The maximum atomic E-state index is 12.7. The number of rotatable bonds is 8. The average Bonchev–Trinajstić information content (AvgIpc) is 2.88. The van der Waals surface area contributed by atoms with Crippen molar-refractivity contribution in [2.75, 3.05) is 0 Å². The Kier molecular flexibility index (Phi) is 6.83. The molecule has 0 unspecified atom stereocenters. The van der Waals surface area contributed by atoms with Crippen LogP contribution in [0.5, 0.6) is 11.6 Å². The molecular weight excluding hydrogens is 414 g/mol. The summed E-state index contributed by atoms with van der Waals surface area (Å²) in [6.07, 6.45) is 0. The van der Waals surface area contributed by atoms with E-state index in [1.165, 1.54) is 10.7 Å². The summed E-state index contributed by atoms with van der Waals surface area (Å²) in [5, 5.41) is 18.0. The molecule has 1 aromatic carbocycles. The van der Waals surface area contributed by atoms with E-state index < -0.39 is 32.6 Å². The fourth-order valence-electron chi connectivity index (χ4n) is 2.69. The summed E-state index contributed by atoms with van der Waals surface area (Å²) in [6.45, 7) is 8.48. The SMILES string of the molecule is Cc1c(C(=O)NC(C)C)nn(C)c1Oc1ccc([N+](=O)[O-])cc1S(=O)(=O)NC(C)C. The Morgan fingerprint density at radius 3 is 2.40 bits per heavy atom. The lowest BCUT2D eigenvalue weighted by molar-refractivity contribution is -0.385. The number of amides is 1. The molecule has 0 aliphatic heterocycles. The Hall–Kier alpha value is -2.99. The van der Waals surface area contributed by atoms with Crippen LogP contribution in [-0.2, 0) is 17.1 Å². The topological polar surface area (TPSA) is 145 Å². The fourth-order valence-corrected chi connectivity index (χ4v) is 4.08. The van der Waals surface area contributed by atoms with E-state index in [1.54, 1.807) is 27.8 Å². The first-order chi connectivity index (χ1) is 13.8. The molecule has 2 rings (SSSR count). The third-order valence-electron chi connectivity index (χ3n) is 3.88. The highest BCUT2D eigenvalue weighted by Crippen LogP contribution is 2.34. The number of hydrogen-bond acceptors (Lipinski definition) is 7. The van der Waals surface area contributed by atoms with Crippen molar-refractivity contribution in [1.29, 1.82) is 0 Å². The van der Waals surface area contributed by atoms with Crippen LogP contribution < -0.4 is 14.8 Å². The Labute approximate surface area is 174 Å². The number of sulfonamides is 1. The normalized spacial score (nSPS) is 11.7. The van der Waals surface area contributed by atoms with Gasteiger partial charge in [-0.2, -0.15) is 5.10 Å². The second-order valence-electron chi connectivity index (χ2n) is 7.30. The number of aromatic nitrogens is 2. The summed E-state index contributed by atoms with van der Waals surface area (Å²) < 4.78 is 34.9. The van der Waals surface area contributed by atoms with Crippen molar-refractivity contribution < 1.29 is 22.9 Å². The highest BCUT2D eigenvalue weighted by molar-refractivity contribution is 7.89. The lowest BCUT2D eigenvalue weighted by Crippen LogP contribution is -2.31. The summed E-state index contributed by atoms with van der Waals surface area (Å²) in [7, 11) is -2.56. The number of nitro benzene ring substituents is 1. The second-order valence-corrected chi connectivity index (χ2v) is 8.98. The van der Waals surface area contributed by atoms with Crippen LogP contribution in [0.2, 0.25) is 0 Å². The fraction of sp³-hybridized carbons (Fsp3) is 0.444. The van der Waals surface area contributed by atoms with Crippen molar-refractivity contribution in [3.63, 3.8) is 0 Å². The molecule has 0 fully saturated rings. The summed E-state index contributed by atoms with van der Waals surface area (Å²) in [4.78, 5) is 22.4. The number of hydrogen-bond donors (Lipinski definition) is 2. The molecule has 11 nitrogen and oxygen atoms in total. The monoisotopic (exact) mass is 439 g/mol. The molecule has 12 heteroatoms. The van der Waals surface area contributed by atoms with Crippen molar-refractivity contribution in [2.24, 2.45) is 7.05 Å². The Balaban J connectivity index is 2.55. The van der Waals surface area contributed by atoms with Gasteiger partial charge in [-0.1, -0.05) is 0 Å². The Bertz CT molecular complexity index is 1070. The zero-order valence-corrected chi connectivity index (χ0v) is 18.4. The van der Waals surface area contributed by atoms with Gasteiger partial charge in [-0.3, -0.25) is 14.9 Å². The molecular formula is C18H25N5O6S. The summed E-state index contributed by atoms with van der Waals surface area (Å²) >= 11 is 0. The predicted octanol–water partition coefficient (Wildman–Crippen LogP) is 2.25. The van der Waals surface area contributed by atoms with Crippen LogP contribution in [0.1, 0.15) is 43.7 Å². The van der Waals surface area contributed by atoms with Gasteiger partial charge in [0.1, 0.15) is 10.6 Å². The van der Waals surface area contributed by atoms with Gasteiger partial charge in [-0.05, 0) is 40.7 Å². The van der Waals surface area contributed by atoms with E-state index in [0.717, 1.165) is 12.1 Å². The first-order valence-corrected chi connectivity index (χ1v) is 10.6. The number of carbonyl (C=O) groups excluding carboxylic acids is 1. The predicted molar refractivity (Wildman–Crippen MR) is 109 cm³/mol. The zero-order chi connectivity index (χ0) is 22.8. The summed E-state index contributed by atoms with van der Waals surface area (Å²) in [5.41, 5.74) is 0.132. The average molecular weight is 439 g/mol. The van der Waals surface area contributed by atoms with Crippen molar-refractivity contribution in [2.45, 2.75) is 51.6 Å². The Morgan fingerprint density at radius 2 is 1.87 bits per heavy atom. The molecule has 1 aromatic heterocycles. The van der Waals surface area contributed by atoms with Gasteiger partial charge < -0.3 is 10.1 Å². The minimum atomic E-state index is -4.11. The van der Waals surface area contributed by atoms with E-state index in [0.29, 0.717) is 5.56 Å². The molecule has 0 aliphatic rings. The molecule has 1 heterocycles. The van der Waals surface area contributed by atoms with Gasteiger partial charge in [-0.25, -0.2) is 17.8 Å². The van der Waals surface area contributed by atoms with Crippen LogP contribution >= 0.6 is 0 Å². The molecule has 0 saturated carbocycles. The third kappa shape index (κ3) is 5.13. The van der Waals surface area contributed by atoms with E-state index in [9.17, 15) is 23.3 Å². The summed E-state index contributed by atoms with van der Waals surface area (Å²) in [6, 6.07) is 2.73. The smallest absolute Gasteiger partial charge is 0.272 e. The molecule has 30 heavy (non-hydrogen) atoms. The molecule has 0 atom stereocenters. The lowest BCUT2D eigenvalue weighted by atomic mass is 10.2. The third-order valence-corrected chi connectivity index (χ3v) is 5.56. The van der Waals surface area contributed by atoms with Crippen LogP contribution in [-0.4, -0.2) is 41.1 Å².